The summed E-state index contributed by atoms with van der Waals surface area (Å²) in [5, 5.41) is 33.7. The van der Waals surface area contributed by atoms with Crippen LogP contribution in [0.15, 0.2) is 23.3 Å². The molecule has 2 rings (SSSR count). The summed E-state index contributed by atoms with van der Waals surface area (Å²) in [5.74, 6) is -0.773. The summed E-state index contributed by atoms with van der Waals surface area (Å²) in [7, 11) is 0. The number of benzene rings is 1. The van der Waals surface area contributed by atoms with Gasteiger partial charge in [-0.2, -0.15) is 5.10 Å². The molecular weight excluding hydrogens is 358 g/mol. The van der Waals surface area contributed by atoms with Crippen LogP contribution >= 0.6 is 11.3 Å². The molecular formula is C16H19N5O4S. The fourth-order valence-corrected chi connectivity index (χ4v) is 2.64. The Hall–Kier alpha value is -3.01. The van der Waals surface area contributed by atoms with Gasteiger partial charge in [0.05, 0.1) is 12.6 Å². The highest BCUT2D eigenvalue weighted by molar-refractivity contribution is 7.15. The van der Waals surface area contributed by atoms with Crippen molar-refractivity contribution < 1.29 is 19.8 Å². The third-order valence-corrected chi connectivity index (χ3v) is 4.03. The minimum atomic E-state index is -0.417. The molecule has 0 radical (unpaired) electrons. The normalized spacial score (nSPS) is 10.8. The summed E-state index contributed by atoms with van der Waals surface area (Å²) in [6.45, 7) is 2.00. The molecule has 9 nitrogen and oxygen atoms in total. The van der Waals surface area contributed by atoms with E-state index in [1.54, 1.807) is 0 Å². The number of nitrogens with one attached hydrogen (secondary N) is 2. The van der Waals surface area contributed by atoms with Crippen LogP contribution in [0.5, 0.6) is 11.5 Å². The highest BCUT2D eigenvalue weighted by Crippen LogP contribution is 2.20. The third-order valence-electron chi connectivity index (χ3n) is 3.19. The van der Waals surface area contributed by atoms with E-state index in [1.165, 1.54) is 24.4 Å². The number of phenolic OH excluding ortho intramolecular Hbond substituents is 2. The Balaban J connectivity index is 1.82. The Labute approximate surface area is 153 Å². The first kappa shape index (κ1) is 19.3. The van der Waals surface area contributed by atoms with E-state index in [2.05, 4.69) is 26.0 Å². The number of aromatic nitrogens is 2. The highest BCUT2D eigenvalue weighted by Gasteiger charge is 2.11. The van der Waals surface area contributed by atoms with Gasteiger partial charge in [-0.3, -0.25) is 9.59 Å². The van der Waals surface area contributed by atoms with Crippen molar-refractivity contribution in [1.82, 2.24) is 15.6 Å². The highest BCUT2D eigenvalue weighted by atomic mass is 32.1. The van der Waals surface area contributed by atoms with Gasteiger partial charge >= 0.3 is 0 Å². The first-order chi connectivity index (χ1) is 12.5. The van der Waals surface area contributed by atoms with E-state index < -0.39 is 5.91 Å². The molecule has 0 unspecified atom stereocenters. The number of aromatic hydroxyl groups is 2. The van der Waals surface area contributed by atoms with E-state index in [1.807, 2.05) is 6.92 Å². The molecule has 0 fully saturated rings. The van der Waals surface area contributed by atoms with Crippen LogP contribution in [0, 0.1) is 0 Å². The lowest BCUT2D eigenvalue weighted by Gasteiger charge is -2.00. The van der Waals surface area contributed by atoms with Gasteiger partial charge in [-0.25, -0.2) is 5.43 Å². The summed E-state index contributed by atoms with van der Waals surface area (Å²) in [6.07, 6.45) is 3.37. The first-order valence-corrected chi connectivity index (χ1v) is 8.75. The minimum absolute atomic E-state index is 0.0403. The lowest BCUT2D eigenvalue weighted by atomic mass is 10.2. The minimum Gasteiger partial charge on any atom is -0.508 e. The van der Waals surface area contributed by atoms with Crippen LogP contribution in [0.1, 0.15) is 36.8 Å². The monoisotopic (exact) mass is 377 g/mol. The van der Waals surface area contributed by atoms with Crippen LogP contribution in [-0.4, -0.2) is 38.4 Å². The van der Waals surface area contributed by atoms with Crippen molar-refractivity contribution in [3.63, 3.8) is 0 Å². The van der Waals surface area contributed by atoms with Crippen molar-refractivity contribution in [2.24, 2.45) is 5.10 Å². The van der Waals surface area contributed by atoms with E-state index in [4.69, 9.17) is 0 Å². The Bertz CT molecular complexity index is 806. The molecule has 4 N–H and O–H groups in total. The molecule has 26 heavy (non-hydrogen) atoms. The van der Waals surface area contributed by atoms with E-state index in [0.29, 0.717) is 22.1 Å². The summed E-state index contributed by atoms with van der Waals surface area (Å²) in [6, 6.07) is 4.01. The number of unbranched alkanes of at least 4 members (excludes halogenated alkanes) is 1. The average Bonchev–Trinajstić information content (AvgIpc) is 3.01. The zero-order valence-electron chi connectivity index (χ0n) is 14.1. The summed E-state index contributed by atoms with van der Waals surface area (Å²) in [4.78, 5) is 23.5. The van der Waals surface area contributed by atoms with Gasteiger partial charge in [0.1, 0.15) is 16.5 Å². The molecule has 0 spiro atoms. The Morgan fingerprint density at radius 1 is 1.27 bits per heavy atom. The molecule has 10 heteroatoms. The number of amides is 2. The van der Waals surface area contributed by atoms with Crippen LogP contribution in [0.25, 0.3) is 0 Å². The SMILES string of the molecule is CCCCC(=O)Nc1nnc(CC(=O)N/N=C/c2ccc(O)cc2O)s1. The maximum absolute atomic E-state index is 11.8. The van der Waals surface area contributed by atoms with Crippen LogP contribution in [0.4, 0.5) is 5.13 Å². The summed E-state index contributed by atoms with van der Waals surface area (Å²) < 4.78 is 0. The Morgan fingerprint density at radius 3 is 2.81 bits per heavy atom. The third kappa shape index (κ3) is 6.13. The predicted molar refractivity (Wildman–Crippen MR) is 97.3 cm³/mol. The lowest BCUT2D eigenvalue weighted by molar-refractivity contribution is -0.120. The molecule has 0 aliphatic rings. The van der Waals surface area contributed by atoms with Crippen molar-refractivity contribution >= 4 is 34.5 Å². The van der Waals surface area contributed by atoms with Crippen molar-refractivity contribution in [2.45, 2.75) is 32.6 Å². The van der Waals surface area contributed by atoms with Gasteiger partial charge in [0.25, 0.3) is 0 Å². The van der Waals surface area contributed by atoms with Gasteiger partial charge in [-0.05, 0) is 18.6 Å². The first-order valence-electron chi connectivity index (χ1n) is 7.94. The van der Waals surface area contributed by atoms with Gasteiger partial charge in [0.2, 0.25) is 16.9 Å². The average molecular weight is 377 g/mol. The number of nitrogens with zero attached hydrogens (tertiary/aromatic N) is 3. The van der Waals surface area contributed by atoms with Gasteiger partial charge in [0.15, 0.2) is 0 Å². The number of anilines is 1. The number of phenols is 2. The molecule has 2 amide bonds. The molecule has 2 aromatic rings. The van der Waals surface area contributed by atoms with Crippen molar-refractivity contribution in [3.05, 3.63) is 28.8 Å². The van der Waals surface area contributed by atoms with Crippen LogP contribution < -0.4 is 10.7 Å². The summed E-state index contributed by atoms with van der Waals surface area (Å²) in [5.41, 5.74) is 2.65. The second-order valence-corrected chi connectivity index (χ2v) is 6.43. The quantitative estimate of drug-likeness (QED) is 0.409. The topological polar surface area (TPSA) is 137 Å². The smallest absolute Gasteiger partial charge is 0.247 e. The number of carbonyl (C=O) groups excluding carboxylic acids is 2. The van der Waals surface area contributed by atoms with Crippen LogP contribution in [0.3, 0.4) is 0 Å². The van der Waals surface area contributed by atoms with Gasteiger partial charge in [-0.1, -0.05) is 24.7 Å². The molecule has 138 valence electrons. The zero-order chi connectivity index (χ0) is 18.9. The van der Waals surface area contributed by atoms with Crippen molar-refractivity contribution in [3.8, 4) is 11.5 Å². The van der Waals surface area contributed by atoms with E-state index in [0.717, 1.165) is 24.2 Å². The van der Waals surface area contributed by atoms with E-state index in [-0.39, 0.29) is 23.8 Å². The molecule has 1 aromatic carbocycles. The molecule has 0 aliphatic carbocycles. The molecule has 0 aliphatic heterocycles. The fraction of sp³-hybridized carbons (Fsp3) is 0.312. The van der Waals surface area contributed by atoms with E-state index >= 15 is 0 Å². The number of carbonyl (C=O) groups is 2. The maximum Gasteiger partial charge on any atom is 0.247 e. The van der Waals surface area contributed by atoms with Gasteiger partial charge in [-0.15, -0.1) is 10.2 Å². The molecule has 1 aromatic heterocycles. The molecule has 1 heterocycles. The number of hydrogen-bond donors (Lipinski definition) is 4. The Kier molecular flexibility index (Phi) is 7.03. The number of hydrogen-bond acceptors (Lipinski definition) is 8. The molecule has 0 saturated heterocycles. The second kappa shape index (κ2) is 9.47. The maximum atomic E-state index is 11.8. The Morgan fingerprint density at radius 2 is 2.08 bits per heavy atom. The molecule has 0 saturated carbocycles. The second-order valence-electron chi connectivity index (χ2n) is 5.37. The molecule has 0 bridgehead atoms. The lowest BCUT2D eigenvalue weighted by Crippen LogP contribution is -2.19. The zero-order valence-corrected chi connectivity index (χ0v) is 14.9. The van der Waals surface area contributed by atoms with Crippen LogP contribution in [0.2, 0.25) is 0 Å². The predicted octanol–water partition coefficient (Wildman–Crippen LogP) is 1.77. The summed E-state index contributed by atoms with van der Waals surface area (Å²) >= 11 is 1.12. The van der Waals surface area contributed by atoms with E-state index in [9.17, 15) is 19.8 Å². The molecule has 0 atom stereocenters. The number of rotatable bonds is 8. The van der Waals surface area contributed by atoms with Crippen molar-refractivity contribution in [1.29, 1.82) is 0 Å². The number of hydrazone groups is 1. The largest absolute Gasteiger partial charge is 0.508 e. The van der Waals surface area contributed by atoms with Crippen molar-refractivity contribution in [2.75, 3.05) is 5.32 Å². The fourth-order valence-electron chi connectivity index (χ4n) is 1.89. The standard InChI is InChI=1S/C16H19N5O4S/c1-2-3-4-13(24)18-16-21-20-15(26-16)8-14(25)19-17-9-10-5-6-11(22)7-12(10)23/h5-7,9,22-23H,2-4,8H2,1H3,(H,19,25)(H,18,21,24)/b17-9+. The van der Waals surface area contributed by atoms with Gasteiger partial charge in [0, 0.05) is 18.1 Å². The van der Waals surface area contributed by atoms with Gasteiger partial charge < -0.3 is 15.5 Å². The van der Waals surface area contributed by atoms with Crippen LogP contribution in [-0.2, 0) is 16.0 Å².